The van der Waals surface area contributed by atoms with Crippen molar-refractivity contribution >= 4 is 0 Å². The zero-order valence-corrected chi connectivity index (χ0v) is 7.20. The third-order valence-electron chi connectivity index (χ3n) is 1.70. The summed E-state index contributed by atoms with van der Waals surface area (Å²) in [6.45, 7) is 2.23. The van der Waals surface area contributed by atoms with Gasteiger partial charge in [0.15, 0.2) is 0 Å². The Bertz CT molecular complexity index is 232. The van der Waals surface area contributed by atoms with Crippen molar-refractivity contribution in [3.05, 3.63) is 18.0 Å². The number of aryl methyl sites for hydroxylation is 1. The van der Waals surface area contributed by atoms with Crippen molar-refractivity contribution in [3.63, 3.8) is 0 Å². The molecule has 0 saturated heterocycles. The van der Waals surface area contributed by atoms with Gasteiger partial charge in [0.2, 0.25) is 0 Å². The average molecular weight is 171 g/mol. The Kier molecular flexibility index (Phi) is 3.22. The average Bonchev–Trinajstić information content (AvgIpc) is 2.48. The first-order chi connectivity index (χ1) is 5.74. The summed E-state index contributed by atoms with van der Waals surface area (Å²) < 4.78 is 13.5. The first kappa shape index (κ1) is 9.19. The van der Waals surface area contributed by atoms with Crippen LogP contribution >= 0.6 is 0 Å². The van der Waals surface area contributed by atoms with Gasteiger partial charge in [0.1, 0.15) is 0 Å². The third-order valence-corrected chi connectivity index (χ3v) is 1.70. The van der Waals surface area contributed by atoms with Crippen LogP contribution in [0.4, 0.5) is 4.39 Å². The quantitative estimate of drug-likeness (QED) is 0.741. The van der Waals surface area contributed by atoms with Crippen molar-refractivity contribution in [1.82, 2.24) is 9.78 Å². The molecule has 3 nitrogen and oxygen atoms in total. The smallest absolute Gasteiger partial charge is 0.0912 e. The van der Waals surface area contributed by atoms with Gasteiger partial charge in [-0.25, -0.2) is 0 Å². The van der Waals surface area contributed by atoms with Crippen LogP contribution in [0.5, 0.6) is 0 Å². The predicted octanol–water partition coefficient (Wildman–Crippen LogP) is 1.26. The minimum atomic E-state index is -0.298. The molecule has 0 aliphatic rings. The van der Waals surface area contributed by atoms with Gasteiger partial charge in [-0.15, -0.1) is 0 Å². The van der Waals surface area contributed by atoms with E-state index >= 15 is 0 Å². The van der Waals surface area contributed by atoms with E-state index in [1.807, 2.05) is 13.1 Å². The maximum atomic E-state index is 11.8. The second kappa shape index (κ2) is 4.21. The molecule has 0 saturated carbocycles. The fraction of sp³-hybridized carbons (Fsp3) is 0.625. The van der Waals surface area contributed by atoms with Crippen LogP contribution in [0, 0.1) is 0 Å². The SMILES string of the molecule is CC(N)c1cnn(CCCF)c1. The first-order valence-corrected chi connectivity index (χ1v) is 4.08. The van der Waals surface area contributed by atoms with Crippen LogP contribution in [0.1, 0.15) is 24.9 Å². The zero-order valence-electron chi connectivity index (χ0n) is 7.20. The highest BCUT2D eigenvalue weighted by Crippen LogP contribution is 2.07. The molecule has 1 atom stereocenters. The van der Waals surface area contributed by atoms with Gasteiger partial charge in [-0.05, 0) is 13.3 Å². The van der Waals surface area contributed by atoms with Gasteiger partial charge in [0.05, 0.1) is 12.9 Å². The number of aromatic nitrogens is 2. The molecule has 0 fully saturated rings. The standard InChI is InChI=1S/C8H14FN3/c1-7(10)8-5-11-12(6-8)4-2-3-9/h5-7H,2-4,10H2,1H3. The number of hydrogen-bond acceptors (Lipinski definition) is 2. The highest BCUT2D eigenvalue weighted by molar-refractivity contribution is 5.07. The van der Waals surface area contributed by atoms with Gasteiger partial charge in [-0.3, -0.25) is 9.07 Å². The van der Waals surface area contributed by atoms with E-state index in [4.69, 9.17) is 5.73 Å². The van der Waals surface area contributed by atoms with Gasteiger partial charge < -0.3 is 5.73 Å². The molecule has 4 heteroatoms. The Morgan fingerprint density at radius 3 is 3.00 bits per heavy atom. The molecule has 0 amide bonds. The number of rotatable bonds is 4. The molecule has 1 heterocycles. The van der Waals surface area contributed by atoms with E-state index in [1.165, 1.54) is 0 Å². The molecular formula is C8H14FN3. The molecule has 0 aliphatic carbocycles. The summed E-state index contributed by atoms with van der Waals surface area (Å²) in [4.78, 5) is 0. The lowest BCUT2D eigenvalue weighted by Gasteiger charge is -1.99. The molecule has 1 aromatic heterocycles. The minimum Gasteiger partial charge on any atom is -0.324 e. The number of alkyl halides is 1. The van der Waals surface area contributed by atoms with E-state index in [2.05, 4.69) is 5.10 Å². The Morgan fingerprint density at radius 1 is 1.75 bits per heavy atom. The molecule has 1 aromatic rings. The monoisotopic (exact) mass is 171 g/mol. The van der Waals surface area contributed by atoms with Crippen molar-refractivity contribution in [2.75, 3.05) is 6.67 Å². The normalized spacial score (nSPS) is 13.2. The lowest BCUT2D eigenvalue weighted by molar-refractivity contribution is 0.434. The van der Waals surface area contributed by atoms with E-state index in [0.29, 0.717) is 13.0 Å². The highest BCUT2D eigenvalue weighted by atomic mass is 19.1. The van der Waals surface area contributed by atoms with E-state index in [-0.39, 0.29) is 12.7 Å². The highest BCUT2D eigenvalue weighted by Gasteiger charge is 2.01. The lowest BCUT2D eigenvalue weighted by atomic mass is 10.2. The molecule has 1 rings (SSSR count). The van der Waals surface area contributed by atoms with Crippen LogP contribution in [-0.2, 0) is 6.54 Å². The lowest BCUT2D eigenvalue weighted by Crippen LogP contribution is -2.03. The summed E-state index contributed by atoms with van der Waals surface area (Å²) in [5.74, 6) is 0. The van der Waals surface area contributed by atoms with Crippen LogP contribution in [0.3, 0.4) is 0 Å². The maximum Gasteiger partial charge on any atom is 0.0912 e. The summed E-state index contributed by atoms with van der Waals surface area (Å²) in [5, 5.41) is 4.04. The summed E-state index contributed by atoms with van der Waals surface area (Å²) in [7, 11) is 0. The summed E-state index contributed by atoms with van der Waals surface area (Å²) in [6, 6.07) is 0.00382. The van der Waals surface area contributed by atoms with E-state index in [0.717, 1.165) is 5.56 Å². The fourth-order valence-electron chi connectivity index (χ4n) is 0.959. The molecule has 2 N–H and O–H groups in total. The summed E-state index contributed by atoms with van der Waals surface area (Å²) in [6.07, 6.45) is 4.10. The predicted molar refractivity (Wildman–Crippen MR) is 45.4 cm³/mol. The molecule has 0 spiro atoms. The molecule has 0 aliphatic heterocycles. The molecule has 1 unspecified atom stereocenters. The Morgan fingerprint density at radius 2 is 2.50 bits per heavy atom. The van der Waals surface area contributed by atoms with Crippen LogP contribution in [0.15, 0.2) is 12.4 Å². The van der Waals surface area contributed by atoms with Crippen LogP contribution < -0.4 is 5.73 Å². The van der Waals surface area contributed by atoms with Crippen molar-refractivity contribution in [2.45, 2.75) is 25.9 Å². The first-order valence-electron chi connectivity index (χ1n) is 4.08. The second-order valence-electron chi connectivity index (χ2n) is 2.87. The van der Waals surface area contributed by atoms with Gasteiger partial charge >= 0.3 is 0 Å². The van der Waals surface area contributed by atoms with E-state index < -0.39 is 0 Å². The van der Waals surface area contributed by atoms with Crippen molar-refractivity contribution < 1.29 is 4.39 Å². The van der Waals surface area contributed by atoms with Crippen LogP contribution in [0.2, 0.25) is 0 Å². The van der Waals surface area contributed by atoms with E-state index in [1.54, 1.807) is 10.9 Å². The van der Waals surface area contributed by atoms with Gasteiger partial charge in [0.25, 0.3) is 0 Å². The molecule has 0 aromatic carbocycles. The topological polar surface area (TPSA) is 43.8 Å². The van der Waals surface area contributed by atoms with Gasteiger partial charge in [-0.2, -0.15) is 5.10 Å². The number of hydrogen-bond donors (Lipinski definition) is 1. The fourth-order valence-corrected chi connectivity index (χ4v) is 0.959. The molecule has 0 radical (unpaired) electrons. The Hall–Kier alpha value is -0.900. The van der Waals surface area contributed by atoms with Crippen molar-refractivity contribution in [1.29, 1.82) is 0 Å². The van der Waals surface area contributed by atoms with E-state index in [9.17, 15) is 4.39 Å². The molecule has 0 bridgehead atoms. The zero-order chi connectivity index (χ0) is 8.97. The summed E-state index contributed by atoms with van der Waals surface area (Å²) in [5.41, 5.74) is 6.62. The summed E-state index contributed by atoms with van der Waals surface area (Å²) >= 11 is 0. The molecule has 68 valence electrons. The number of halogens is 1. The molecular weight excluding hydrogens is 157 g/mol. The Labute approximate surface area is 71.4 Å². The van der Waals surface area contributed by atoms with Gasteiger partial charge in [0, 0.05) is 24.3 Å². The van der Waals surface area contributed by atoms with Crippen molar-refractivity contribution in [2.24, 2.45) is 5.73 Å². The Balaban J connectivity index is 2.52. The van der Waals surface area contributed by atoms with Crippen LogP contribution in [-0.4, -0.2) is 16.5 Å². The largest absolute Gasteiger partial charge is 0.324 e. The van der Waals surface area contributed by atoms with Gasteiger partial charge in [-0.1, -0.05) is 0 Å². The van der Waals surface area contributed by atoms with Crippen molar-refractivity contribution in [3.8, 4) is 0 Å². The second-order valence-corrected chi connectivity index (χ2v) is 2.87. The third kappa shape index (κ3) is 2.30. The number of nitrogens with zero attached hydrogens (tertiary/aromatic N) is 2. The van der Waals surface area contributed by atoms with Crippen LogP contribution in [0.25, 0.3) is 0 Å². The minimum absolute atomic E-state index is 0.00382. The maximum absolute atomic E-state index is 11.8. The number of nitrogens with two attached hydrogens (primary N) is 1. The molecule has 12 heavy (non-hydrogen) atoms.